The molecular formula is C24H32CuN2O6. The summed E-state index contributed by atoms with van der Waals surface area (Å²) in [6.07, 6.45) is 8.15. The molecule has 4 rings (SSSR count). The Balaban J connectivity index is 0.000000420. The molecule has 0 amide bonds. The van der Waals surface area contributed by atoms with E-state index in [1.165, 1.54) is 62.8 Å². The van der Waals surface area contributed by atoms with Crippen molar-refractivity contribution in [2.24, 2.45) is 0 Å². The number of para-hydroxylation sites is 2. The first-order valence-corrected chi connectivity index (χ1v) is 10.7. The molecule has 2 aliphatic heterocycles. The minimum absolute atomic E-state index is 0. The number of phenols is 2. The number of carbonyl (C=O) groups is 2. The Morgan fingerprint density at radius 1 is 0.576 bits per heavy atom. The third-order valence-electron chi connectivity index (χ3n) is 4.53. The zero-order valence-corrected chi connectivity index (χ0v) is 19.4. The molecule has 8 nitrogen and oxygen atoms in total. The van der Waals surface area contributed by atoms with Crippen LogP contribution in [0.15, 0.2) is 48.5 Å². The van der Waals surface area contributed by atoms with E-state index < -0.39 is 11.9 Å². The summed E-state index contributed by atoms with van der Waals surface area (Å²) in [6.45, 7) is 4.50. The number of piperidine rings is 2. The van der Waals surface area contributed by atoms with Crippen LogP contribution >= 0.6 is 0 Å². The van der Waals surface area contributed by atoms with E-state index in [1.807, 2.05) is 0 Å². The van der Waals surface area contributed by atoms with Crippen LogP contribution in [0.1, 0.15) is 59.2 Å². The van der Waals surface area contributed by atoms with Crippen molar-refractivity contribution >= 4 is 11.9 Å². The van der Waals surface area contributed by atoms with E-state index in [9.17, 15) is 9.59 Å². The molecule has 9 heteroatoms. The molecule has 0 unspecified atom stereocenters. The second kappa shape index (κ2) is 18.9. The van der Waals surface area contributed by atoms with E-state index in [0.29, 0.717) is 0 Å². The molecule has 2 aromatic carbocycles. The van der Waals surface area contributed by atoms with Crippen LogP contribution in [0.5, 0.6) is 11.5 Å². The SMILES string of the molecule is C1CC[N-]CC1.C1CC[N-]CC1.O=C(O)c1ccccc1O.O=C(O)c1ccccc1O.[Cu+2]. The van der Waals surface area contributed by atoms with Crippen LogP contribution in [-0.4, -0.2) is 58.5 Å². The topological polar surface area (TPSA) is 143 Å². The number of hydrogen-bond acceptors (Lipinski definition) is 4. The summed E-state index contributed by atoms with van der Waals surface area (Å²) in [5, 5.41) is 43.0. The Morgan fingerprint density at radius 3 is 1.03 bits per heavy atom. The Kier molecular flexibility index (Phi) is 17.5. The van der Waals surface area contributed by atoms with Gasteiger partial charge in [0.05, 0.1) is 0 Å². The number of carboxylic acid groups (broad SMARTS) is 2. The molecule has 2 aromatic rings. The predicted molar refractivity (Wildman–Crippen MR) is 124 cm³/mol. The number of benzene rings is 2. The zero-order chi connectivity index (χ0) is 23.6. The second-order valence-corrected chi connectivity index (χ2v) is 7.11. The monoisotopic (exact) mass is 507 g/mol. The van der Waals surface area contributed by atoms with Crippen molar-refractivity contribution in [3.63, 3.8) is 0 Å². The van der Waals surface area contributed by atoms with Gasteiger partial charge in [0.1, 0.15) is 22.6 Å². The largest absolute Gasteiger partial charge is 2.00 e. The van der Waals surface area contributed by atoms with Gasteiger partial charge in [-0.1, -0.05) is 62.8 Å². The van der Waals surface area contributed by atoms with Crippen LogP contribution in [0.2, 0.25) is 0 Å². The summed E-state index contributed by atoms with van der Waals surface area (Å²) in [4.78, 5) is 20.5. The number of hydrogen-bond donors (Lipinski definition) is 4. The quantitative estimate of drug-likeness (QED) is 0.408. The summed E-state index contributed by atoms with van der Waals surface area (Å²) in [5.41, 5.74) is -0.134. The van der Waals surface area contributed by atoms with Crippen LogP contribution in [0.3, 0.4) is 0 Å². The maximum absolute atomic E-state index is 10.3. The summed E-state index contributed by atoms with van der Waals surface area (Å²) >= 11 is 0. The third kappa shape index (κ3) is 14.2. The summed E-state index contributed by atoms with van der Waals surface area (Å²) < 4.78 is 0. The smallest absolute Gasteiger partial charge is 0.662 e. The first-order valence-electron chi connectivity index (χ1n) is 10.7. The standard InChI is InChI=1S/2C7H6O3.2C5H10N.Cu/c2*8-6-4-2-1-3-5(6)7(9)10;2*1-2-4-6-5-3-1;/h2*1-4,8H,(H,9,10);2*1-5H2;/q;;2*-1;+2. The van der Waals surface area contributed by atoms with Crippen molar-refractivity contribution in [1.82, 2.24) is 0 Å². The van der Waals surface area contributed by atoms with Gasteiger partial charge in [-0.15, -0.1) is 26.2 Å². The Labute approximate surface area is 205 Å². The van der Waals surface area contributed by atoms with Crippen LogP contribution in [0.25, 0.3) is 10.6 Å². The molecule has 0 aromatic heterocycles. The number of aromatic hydroxyl groups is 2. The molecule has 0 aliphatic carbocycles. The van der Waals surface area contributed by atoms with Gasteiger partial charge in [0.15, 0.2) is 0 Å². The van der Waals surface area contributed by atoms with Crippen molar-refractivity contribution < 1.29 is 47.1 Å². The molecule has 1 radical (unpaired) electrons. The van der Waals surface area contributed by atoms with Crippen molar-refractivity contribution in [1.29, 1.82) is 0 Å². The average molecular weight is 508 g/mol. The zero-order valence-electron chi connectivity index (χ0n) is 18.5. The number of aromatic carboxylic acids is 2. The molecule has 0 bridgehead atoms. The molecule has 33 heavy (non-hydrogen) atoms. The van der Waals surface area contributed by atoms with Gasteiger partial charge in [-0.25, -0.2) is 9.59 Å². The van der Waals surface area contributed by atoms with Gasteiger partial charge in [0.2, 0.25) is 0 Å². The molecule has 0 saturated carbocycles. The fraction of sp³-hybridized carbons (Fsp3) is 0.417. The number of nitrogens with zero attached hydrogens (tertiary/aromatic N) is 2. The molecule has 2 saturated heterocycles. The Morgan fingerprint density at radius 2 is 0.879 bits per heavy atom. The van der Waals surface area contributed by atoms with E-state index in [4.69, 9.17) is 20.4 Å². The minimum atomic E-state index is -1.11. The molecule has 2 heterocycles. The predicted octanol–water partition coefficient (Wildman–Crippen LogP) is 5.27. The maximum atomic E-state index is 10.3. The van der Waals surface area contributed by atoms with E-state index in [1.54, 1.807) is 24.3 Å². The van der Waals surface area contributed by atoms with Gasteiger partial charge in [-0.3, -0.25) is 0 Å². The van der Waals surface area contributed by atoms with Crippen molar-refractivity contribution in [3.05, 3.63) is 70.3 Å². The van der Waals surface area contributed by atoms with Gasteiger partial charge in [0.25, 0.3) is 0 Å². The molecule has 0 spiro atoms. The average Bonchev–Trinajstić information content (AvgIpc) is 2.83. The van der Waals surface area contributed by atoms with Crippen LogP contribution in [0, 0.1) is 0 Å². The Hall–Kier alpha value is -2.58. The van der Waals surface area contributed by atoms with Gasteiger partial charge >= 0.3 is 29.0 Å². The van der Waals surface area contributed by atoms with Gasteiger partial charge in [-0.2, -0.15) is 0 Å². The van der Waals surface area contributed by atoms with E-state index in [-0.39, 0.29) is 39.7 Å². The first-order chi connectivity index (χ1) is 15.4. The molecule has 185 valence electrons. The van der Waals surface area contributed by atoms with E-state index >= 15 is 0 Å². The molecular weight excluding hydrogens is 476 g/mol. The molecule has 2 aliphatic rings. The maximum Gasteiger partial charge on any atom is 2.00 e. The fourth-order valence-electron chi connectivity index (χ4n) is 2.78. The normalized spacial score (nSPS) is 14.3. The summed E-state index contributed by atoms with van der Waals surface area (Å²) in [7, 11) is 0. The minimum Gasteiger partial charge on any atom is -0.662 e. The van der Waals surface area contributed by atoms with Crippen LogP contribution < -0.4 is 0 Å². The van der Waals surface area contributed by atoms with Crippen LogP contribution in [-0.2, 0) is 17.1 Å². The molecule has 0 atom stereocenters. The summed E-state index contributed by atoms with van der Waals surface area (Å²) in [6, 6.07) is 11.6. The van der Waals surface area contributed by atoms with Crippen molar-refractivity contribution in [2.45, 2.75) is 38.5 Å². The van der Waals surface area contributed by atoms with Crippen molar-refractivity contribution in [3.8, 4) is 11.5 Å². The number of rotatable bonds is 2. The van der Waals surface area contributed by atoms with Gasteiger partial charge < -0.3 is 31.1 Å². The van der Waals surface area contributed by atoms with Gasteiger partial charge in [0, 0.05) is 0 Å². The van der Waals surface area contributed by atoms with E-state index in [0.717, 1.165) is 26.2 Å². The second-order valence-electron chi connectivity index (χ2n) is 7.11. The molecule has 4 N–H and O–H groups in total. The Bertz CT molecular complexity index is 721. The van der Waals surface area contributed by atoms with Crippen LogP contribution in [0.4, 0.5) is 0 Å². The fourth-order valence-corrected chi connectivity index (χ4v) is 2.78. The third-order valence-corrected chi connectivity index (χ3v) is 4.53. The van der Waals surface area contributed by atoms with Gasteiger partial charge in [-0.05, 0) is 24.3 Å². The van der Waals surface area contributed by atoms with E-state index in [2.05, 4.69) is 10.6 Å². The molecule has 2 fully saturated rings. The number of carboxylic acids is 2. The first kappa shape index (κ1) is 30.4. The van der Waals surface area contributed by atoms with Crippen molar-refractivity contribution in [2.75, 3.05) is 26.2 Å². The summed E-state index contributed by atoms with van der Waals surface area (Å²) in [5.74, 6) is -2.62.